The number of piperidine rings is 1. The number of amides is 4. The maximum absolute atomic E-state index is 14.9. The van der Waals surface area contributed by atoms with Crippen molar-refractivity contribution in [1.29, 1.82) is 0 Å². The number of aryl methyl sites for hydroxylation is 2. The van der Waals surface area contributed by atoms with Gasteiger partial charge in [0.15, 0.2) is 0 Å². The summed E-state index contributed by atoms with van der Waals surface area (Å²) in [6.45, 7) is 6.59. The fourth-order valence-corrected chi connectivity index (χ4v) is 7.40. The molecule has 0 aliphatic carbocycles. The van der Waals surface area contributed by atoms with E-state index in [2.05, 4.69) is 38.3 Å². The van der Waals surface area contributed by atoms with E-state index in [0.717, 1.165) is 25.0 Å². The number of anilines is 2. The molecule has 7 rings (SSSR count). The molecule has 2 atom stereocenters. The number of carbonyl (C=O) groups excluding carboxylic acids is 4. The average Bonchev–Trinajstić information content (AvgIpc) is 3.72. The SMILES string of the molecule is Cc1cc2cc(n1)-c1cnn(C)c1OCCC[C@@H](C)Cn1c(nc3ccc(C(=O)N(C)CCNCCNc4cc(F)c([C@H]5CCC(=O)NC5=O)c(F)c4)cc31)NC2=O. The number of rotatable bonds is 9. The second-order valence-corrected chi connectivity index (χ2v) is 14.9. The number of hydrogen-bond acceptors (Lipinski definition) is 10. The first kappa shape index (κ1) is 40.0. The van der Waals surface area contributed by atoms with Gasteiger partial charge in [0.2, 0.25) is 23.6 Å². The Kier molecular flexibility index (Phi) is 11.8. The molecule has 0 spiro atoms. The van der Waals surface area contributed by atoms with Gasteiger partial charge in [0.25, 0.3) is 11.8 Å². The van der Waals surface area contributed by atoms with Crippen LogP contribution in [0.3, 0.4) is 0 Å². The summed E-state index contributed by atoms with van der Waals surface area (Å²) in [5.74, 6) is -3.34. The van der Waals surface area contributed by atoms with Gasteiger partial charge in [-0.3, -0.25) is 34.8 Å². The molecule has 0 unspecified atom stereocenters. The highest BCUT2D eigenvalue weighted by Gasteiger charge is 2.32. The molecule has 58 heavy (non-hydrogen) atoms. The summed E-state index contributed by atoms with van der Waals surface area (Å²) in [6, 6.07) is 11.0. The smallest absolute Gasteiger partial charge is 0.258 e. The Morgan fingerprint density at radius 1 is 1.02 bits per heavy atom. The minimum atomic E-state index is -1.06. The van der Waals surface area contributed by atoms with Crippen LogP contribution in [0.25, 0.3) is 22.3 Å². The molecule has 2 bridgehead atoms. The zero-order valence-corrected chi connectivity index (χ0v) is 32.8. The lowest BCUT2D eigenvalue weighted by Gasteiger charge is -2.22. The molecule has 5 heterocycles. The number of imidazole rings is 1. The van der Waals surface area contributed by atoms with Gasteiger partial charge in [0, 0.05) is 81.3 Å². The van der Waals surface area contributed by atoms with Crippen LogP contribution in [0.2, 0.25) is 0 Å². The van der Waals surface area contributed by atoms with Gasteiger partial charge in [-0.1, -0.05) is 6.92 Å². The summed E-state index contributed by atoms with van der Waals surface area (Å²) in [5.41, 5.74) is 4.04. The first-order chi connectivity index (χ1) is 27.9. The third-order valence-corrected chi connectivity index (χ3v) is 10.4. The Labute approximate surface area is 333 Å². The lowest BCUT2D eigenvalue weighted by atomic mass is 9.89. The summed E-state index contributed by atoms with van der Waals surface area (Å²) in [5, 5.41) is 15.7. The van der Waals surface area contributed by atoms with E-state index in [1.54, 1.807) is 53.2 Å². The lowest BCUT2D eigenvalue weighted by molar-refractivity contribution is -0.134. The third kappa shape index (κ3) is 8.68. The molecule has 0 radical (unpaired) electrons. The standard InChI is InChI=1S/C41H46F2N10O5/c1-23-6-5-15-58-40-29(21-46-52(40)4)33-17-26(16-24(2)47-33)37(55)50-41-48-32-9-7-25(18-34(32)53(41)22-23)39(57)51(3)14-13-44-11-12-45-27-19-30(42)36(31(43)20-27)28-8-10-35(54)49-38(28)56/h7,9,16-21,23,28,44-45H,5-6,8,10-15,22H2,1-4H3,(H,48,50,55)(H,49,54,56)/t23-,28-/m1/s1. The first-order valence-corrected chi connectivity index (χ1v) is 19.3. The van der Waals surface area contributed by atoms with Crippen molar-refractivity contribution in [2.45, 2.75) is 52.0 Å². The predicted molar refractivity (Wildman–Crippen MR) is 213 cm³/mol. The van der Waals surface area contributed by atoms with E-state index in [0.29, 0.717) is 90.3 Å². The normalized spacial score (nSPS) is 17.3. The Hall–Kier alpha value is -6.23. The number of imide groups is 1. The fourth-order valence-electron chi connectivity index (χ4n) is 7.40. The lowest BCUT2D eigenvalue weighted by Crippen LogP contribution is -2.40. The maximum Gasteiger partial charge on any atom is 0.258 e. The van der Waals surface area contributed by atoms with Crippen LogP contribution in [0.5, 0.6) is 5.88 Å². The van der Waals surface area contributed by atoms with Gasteiger partial charge >= 0.3 is 0 Å². The first-order valence-electron chi connectivity index (χ1n) is 19.3. The zero-order valence-electron chi connectivity index (χ0n) is 32.8. The van der Waals surface area contributed by atoms with E-state index in [4.69, 9.17) is 9.72 Å². The van der Waals surface area contributed by atoms with Crippen LogP contribution in [0, 0.1) is 24.5 Å². The molecule has 2 aliphatic heterocycles. The van der Waals surface area contributed by atoms with Gasteiger partial charge in [-0.15, -0.1) is 0 Å². The molecule has 0 saturated carbocycles. The second kappa shape index (κ2) is 17.1. The Morgan fingerprint density at radius 3 is 2.59 bits per heavy atom. The average molecular weight is 797 g/mol. The molecule has 5 aromatic rings. The van der Waals surface area contributed by atoms with Crippen molar-refractivity contribution in [3.05, 3.63) is 82.7 Å². The van der Waals surface area contributed by atoms with E-state index in [9.17, 15) is 28.0 Å². The molecule has 15 nitrogen and oxygen atoms in total. The van der Waals surface area contributed by atoms with E-state index in [-0.39, 0.29) is 41.8 Å². The van der Waals surface area contributed by atoms with Gasteiger partial charge in [-0.2, -0.15) is 5.10 Å². The van der Waals surface area contributed by atoms with E-state index in [1.807, 2.05) is 18.5 Å². The van der Waals surface area contributed by atoms with Crippen LogP contribution in [-0.4, -0.2) is 92.7 Å². The van der Waals surface area contributed by atoms with Crippen LogP contribution >= 0.6 is 0 Å². The fraction of sp³-hybridized carbons (Fsp3) is 0.390. The Bertz CT molecular complexity index is 2370. The Morgan fingerprint density at radius 2 is 1.81 bits per heavy atom. The molecule has 1 saturated heterocycles. The molecule has 1 fully saturated rings. The minimum absolute atomic E-state index is 0.0183. The van der Waals surface area contributed by atoms with E-state index >= 15 is 0 Å². The molecule has 2 aromatic carbocycles. The van der Waals surface area contributed by atoms with Crippen molar-refractivity contribution in [1.82, 2.24) is 39.8 Å². The third-order valence-electron chi connectivity index (χ3n) is 10.4. The highest BCUT2D eigenvalue weighted by Crippen LogP contribution is 2.33. The number of likely N-dealkylation sites (N-methyl/N-ethyl adjacent to an activating group) is 1. The maximum atomic E-state index is 14.9. The van der Waals surface area contributed by atoms with Gasteiger partial charge in [0.1, 0.15) is 11.6 Å². The number of pyridine rings is 1. The number of carbonyl (C=O) groups is 4. The van der Waals surface area contributed by atoms with E-state index in [1.165, 1.54) is 0 Å². The summed E-state index contributed by atoms with van der Waals surface area (Å²) < 4.78 is 39.6. The van der Waals surface area contributed by atoms with Gasteiger partial charge in [0.05, 0.1) is 41.0 Å². The quantitative estimate of drug-likeness (QED) is 0.120. The Balaban J connectivity index is 0.987. The number of aromatic nitrogens is 5. The van der Waals surface area contributed by atoms with Crippen LogP contribution in [0.4, 0.5) is 20.4 Å². The minimum Gasteiger partial charge on any atom is -0.477 e. The number of halogens is 2. The second-order valence-electron chi connectivity index (χ2n) is 14.9. The number of benzene rings is 2. The molecular formula is C41H46F2N10O5. The van der Waals surface area contributed by atoms with Crippen molar-refractivity contribution in [2.24, 2.45) is 13.0 Å². The topological polar surface area (TPSA) is 177 Å². The van der Waals surface area contributed by atoms with Crippen molar-refractivity contribution < 1.29 is 32.7 Å². The largest absolute Gasteiger partial charge is 0.477 e. The molecule has 4 N–H and O–H groups in total. The summed E-state index contributed by atoms with van der Waals surface area (Å²) in [4.78, 5) is 62.0. The summed E-state index contributed by atoms with van der Waals surface area (Å²) in [6.07, 6.45) is 3.37. The molecule has 17 heteroatoms. The summed E-state index contributed by atoms with van der Waals surface area (Å²) >= 11 is 0. The highest BCUT2D eigenvalue weighted by atomic mass is 19.1. The number of hydrogen-bond donors (Lipinski definition) is 4. The number of nitrogens with zero attached hydrogens (tertiary/aromatic N) is 6. The number of fused-ring (bicyclic) bond motifs is 7. The molecule has 4 amide bonds. The molecule has 2 aliphatic rings. The van der Waals surface area contributed by atoms with Crippen molar-refractivity contribution >= 4 is 46.3 Å². The van der Waals surface area contributed by atoms with E-state index < -0.39 is 29.4 Å². The molecular weight excluding hydrogens is 751 g/mol. The predicted octanol–water partition coefficient (Wildman–Crippen LogP) is 4.77. The monoisotopic (exact) mass is 796 g/mol. The van der Waals surface area contributed by atoms with Gasteiger partial charge < -0.3 is 24.8 Å². The number of ether oxygens (including phenoxy) is 1. The summed E-state index contributed by atoms with van der Waals surface area (Å²) in [7, 11) is 3.52. The zero-order chi connectivity index (χ0) is 41.1. The van der Waals surface area contributed by atoms with Crippen molar-refractivity contribution in [2.75, 3.05) is 50.5 Å². The van der Waals surface area contributed by atoms with Crippen LogP contribution in [-0.2, 0) is 23.2 Å². The molecule has 304 valence electrons. The van der Waals surface area contributed by atoms with Gasteiger partial charge in [-0.25, -0.2) is 18.4 Å². The number of nitrogens with one attached hydrogen (secondary N) is 4. The van der Waals surface area contributed by atoms with Crippen LogP contribution in [0.1, 0.15) is 70.5 Å². The highest BCUT2D eigenvalue weighted by molar-refractivity contribution is 6.05. The van der Waals surface area contributed by atoms with Crippen molar-refractivity contribution in [3.8, 4) is 17.1 Å². The van der Waals surface area contributed by atoms with Crippen LogP contribution in [0.15, 0.2) is 48.7 Å². The molecule has 3 aromatic heterocycles. The van der Waals surface area contributed by atoms with Crippen molar-refractivity contribution in [3.63, 3.8) is 0 Å². The van der Waals surface area contributed by atoms with Gasteiger partial charge in [-0.05, 0) is 74.6 Å². The van der Waals surface area contributed by atoms with Crippen LogP contribution < -0.4 is 26.0 Å².